The summed E-state index contributed by atoms with van der Waals surface area (Å²) in [6, 6.07) is 23.6. The monoisotopic (exact) mass is 671 g/mol. The average Bonchev–Trinajstić information content (AvgIpc) is 3.06. The van der Waals surface area contributed by atoms with Crippen LogP contribution in [-0.4, -0.2) is 59.1 Å². The summed E-state index contributed by atoms with van der Waals surface area (Å²) in [7, 11) is 0. The molecule has 3 aromatic carbocycles. The topological polar surface area (TPSA) is 78.0 Å². The number of hydrogen-bond donors (Lipinski definition) is 3. The number of pyridine rings is 3. The second kappa shape index (κ2) is 15.6. The number of nitrogens with one attached hydrogen (secondary N) is 3. The molecule has 3 aromatic heterocycles. The lowest BCUT2D eigenvalue weighted by molar-refractivity contribution is 0.271. The van der Waals surface area contributed by atoms with E-state index in [-0.39, 0.29) is 0 Å². The molecule has 0 saturated carbocycles. The van der Waals surface area contributed by atoms with Gasteiger partial charge in [0.2, 0.25) is 0 Å². The lowest BCUT2D eigenvalue weighted by atomic mass is 10.2. The highest BCUT2D eigenvalue weighted by atomic mass is 35.5. The molecule has 0 saturated heterocycles. The van der Waals surface area contributed by atoms with E-state index in [0.717, 1.165) is 108 Å². The number of nitrogens with zero attached hydrogens (tertiary/aromatic N) is 4. The first-order valence-corrected chi connectivity index (χ1v) is 16.7. The van der Waals surface area contributed by atoms with Crippen LogP contribution < -0.4 is 16.0 Å². The van der Waals surface area contributed by atoms with Crippen molar-refractivity contribution in [2.75, 3.05) is 55.2 Å². The molecule has 0 aliphatic heterocycles. The lowest BCUT2D eigenvalue weighted by Gasteiger charge is -2.23. The maximum Gasteiger partial charge on any atom is 0.0737 e. The number of aromatic nitrogens is 3. The molecule has 3 N–H and O–H groups in total. The fraction of sp³-hybridized carbons (Fsp3) is 0.250. The van der Waals surface area contributed by atoms with Crippen molar-refractivity contribution >= 4 is 84.6 Å². The molecule has 0 bridgehead atoms. The Hall–Kier alpha value is -3.88. The van der Waals surface area contributed by atoms with Crippen LogP contribution in [0.4, 0.5) is 17.1 Å². The standard InChI is InChI=1S/C36H36Cl3N7/c37-25-4-7-28-31(10-16-43-34(28)22-25)40-13-1-19-46(20-2-14-41-32-11-17-44-35-23-26(38)5-8-29(32)35)21-3-15-42-33-12-18-45-36-24-27(39)6-9-30(33)36/h4-12,16-18,22-24H,1-3,13-15,19-21H2,(H,40,43)(H,41,44)(H,42,45). The average molecular weight is 673 g/mol. The lowest BCUT2D eigenvalue weighted by Crippen LogP contribution is -2.30. The molecule has 236 valence electrons. The first kappa shape index (κ1) is 32.1. The van der Waals surface area contributed by atoms with Crippen LogP contribution in [0.5, 0.6) is 0 Å². The molecule has 0 aliphatic carbocycles. The zero-order valence-corrected chi connectivity index (χ0v) is 27.7. The van der Waals surface area contributed by atoms with Gasteiger partial charge in [0.1, 0.15) is 0 Å². The van der Waals surface area contributed by atoms with E-state index in [2.05, 4.69) is 35.8 Å². The summed E-state index contributed by atoms with van der Waals surface area (Å²) < 4.78 is 0. The molecule has 0 aliphatic rings. The summed E-state index contributed by atoms with van der Waals surface area (Å²) >= 11 is 18.5. The molecule has 0 spiro atoms. The van der Waals surface area contributed by atoms with Crippen LogP contribution >= 0.6 is 34.8 Å². The predicted molar refractivity (Wildman–Crippen MR) is 196 cm³/mol. The van der Waals surface area contributed by atoms with Gasteiger partial charge in [-0.05, 0) is 112 Å². The van der Waals surface area contributed by atoms with Crippen molar-refractivity contribution in [2.45, 2.75) is 19.3 Å². The van der Waals surface area contributed by atoms with Gasteiger partial charge in [-0.15, -0.1) is 0 Å². The minimum absolute atomic E-state index is 0.694. The van der Waals surface area contributed by atoms with Gasteiger partial charge in [0.05, 0.1) is 16.6 Å². The van der Waals surface area contributed by atoms with Crippen molar-refractivity contribution in [3.05, 3.63) is 106 Å². The van der Waals surface area contributed by atoms with Crippen molar-refractivity contribution < 1.29 is 0 Å². The second-order valence-electron chi connectivity index (χ2n) is 11.2. The third-order valence-corrected chi connectivity index (χ3v) is 8.72. The molecule has 0 atom stereocenters. The van der Waals surface area contributed by atoms with Crippen LogP contribution in [0.15, 0.2) is 91.4 Å². The number of halogens is 3. The normalized spacial score (nSPS) is 11.5. The number of rotatable bonds is 15. The molecule has 10 heteroatoms. The zero-order chi connectivity index (χ0) is 31.7. The molecular formula is C36H36Cl3N7. The van der Waals surface area contributed by atoms with Crippen LogP contribution in [0.3, 0.4) is 0 Å². The van der Waals surface area contributed by atoms with E-state index in [1.54, 1.807) is 0 Å². The fourth-order valence-electron chi connectivity index (χ4n) is 5.74. The summed E-state index contributed by atoms with van der Waals surface area (Å²) in [4.78, 5) is 16.0. The predicted octanol–water partition coefficient (Wildman–Crippen LogP) is 9.40. The number of fused-ring (bicyclic) bond motifs is 3. The summed E-state index contributed by atoms with van der Waals surface area (Å²) in [6.07, 6.45) is 8.54. The maximum absolute atomic E-state index is 6.18. The molecule has 0 amide bonds. The van der Waals surface area contributed by atoms with Gasteiger partial charge >= 0.3 is 0 Å². The Labute approximate surface area is 284 Å². The molecular weight excluding hydrogens is 637 g/mol. The molecule has 6 aromatic rings. The number of anilines is 3. The van der Waals surface area contributed by atoms with Gasteiger partial charge < -0.3 is 20.9 Å². The largest absolute Gasteiger partial charge is 0.384 e. The Morgan fingerprint density at radius 1 is 0.457 bits per heavy atom. The van der Waals surface area contributed by atoms with Crippen LogP contribution in [0.25, 0.3) is 32.7 Å². The molecule has 46 heavy (non-hydrogen) atoms. The molecule has 3 heterocycles. The van der Waals surface area contributed by atoms with Gasteiger partial charge in [0.25, 0.3) is 0 Å². The van der Waals surface area contributed by atoms with E-state index in [4.69, 9.17) is 34.8 Å². The van der Waals surface area contributed by atoms with Crippen LogP contribution in [0.2, 0.25) is 15.1 Å². The highest BCUT2D eigenvalue weighted by Gasteiger charge is 2.09. The third-order valence-electron chi connectivity index (χ3n) is 8.01. The Bertz CT molecular complexity index is 1710. The van der Waals surface area contributed by atoms with Crippen LogP contribution in [0, 0.1) is 0 Å². The summed E-state index contributed by atoms with van der Waals surface area (Å²) in [6.45, 7) is 5.59. The quantitative estimate of drug-likeness (QED) is 0.0939. The minimum Gasteiger partial charge on any atom is -0.384 e. The Kier molecular flexibility index (Phi) is 10.9. The van der Waals surface area contributed by atoms with E-state index in [0.29, 0.717) is 15.1 Å². The van der Waals surface area contributed by atoms with Gasteiger partial charge in [-0.25, -0.2) is 0 Å². The summed E-state index contributed by atoms with van der Waals surface area (Å²) in [5, 5.41) is 16.2. The number of benzene rings is 3. The van der Waals surface area contributed by atoms with E-state index < -0.39 is 0 Å². The van der Waals surface area contributed by atoms with E-state index in [1.807, 2.05) is 91.4 Å². The van der Waals surface area contributed by atoms with Gasteiger partial charge in [-0.1, -0.05) is 34.8 Å². The smallest absolute Gasteiger partial charge is 0.0737 e. The molecule has 7 nitrogen and oxygen atoms in total. The van der Waals surface area contributed by atoms with Crippen LogP contribution in [0.1, 0.15) is 19.3 Å². The van der Waals surface area contributed by atoms with Gasteiger partial charge in [-0.2, -0.15) is 0 Å². The molecule has 0 fully saturated rings. The Morgan fingerprint density at radius 2 is 0.783 bits per heavy atom. The molecule has 0 unspecified atom stereocenters. The van der Waals surface area contributed by atoms with Crippen molar-refractivity contribution in [1.29, 1.82) is 0 Å². The highest BCUT2D eigenvalue weighted by Crippen LogP contribution is 2.26. The minimum atomic E-state index is 0.694. The van der Waals surface area contributed by atoms with Gasteiger partial charge in [-0.3, -0.25) is 15.0 Å². The Balaban J connectivity index is 1.03. The fourth-order valence-corrected chi connectivity index (χ4v) is 6.24. The van der Waals surface area contributed by atoms with Crippen molar-refractivity contribution in [3.8, 4) is 0 Å². The SMILES string of the molecule is Clc1ccc2c(NCCCN(CCCNc3ccnc4cc(Cl)ccc34)CCCNc3ccnc4cc(Cl)ccc34)ccnc2c1. The number of hydrogen-bond acceptors (Lipinski definition) is 7. The van der Waals surface area contributed by atoms with Crippen molar-refractivity contribution in [3.63, 3.8) is 0 Å². The van der Waals surface area contributed by atoms with Crippen molar-refractivity contribution in [1.82, 2.24) is 19.9 Å². The maximum atomic E-state index is 6.18. The summed E-state index contributed by atoms with van der Waals surface area (Å²) in [5.41, 5.74) is 5.94. The van der Waals surface area contributed by atoms with Crippen molar-refractivity contribution in [2.24, 2.45) is 0 Å². The first-order chi connectivity index (χ1) is 22.5. The third kappa shape index (κ3) is 8.28. The highest BCUT2D eigenvalue weighted by molar-refractivity contribution is 6.32. The zero-order valence-electron chi connectivity index (χ0n) is 25.4. The summed E-state index contributed by atoms with van der Waals surface area (Å²) in [5.74, 6) is 0. The van der Waals surface area contributed by atoms with E-state index in [9.17, 15) is 0 Å². The Morgan fingerprint density at radius 3 is 1.11 bits per heavy atom. The van der Waals surface area contributed by atoms with E-state index in [1.165, 1.54) is 0 Å². The first-order valence-electron chi connectivity index (χ1n) is 15.6. The van der Waals surface area contributed by atoms with E-state index >= 15 is 0 Å². The van der Waals surface area contributed by atoms with Gasteiger partial charge in [0, 0.05) is 86.5 Å². The van der Waals surface area contributed by atoms with Gasteiger partial charge in [0.15, 0.2) is 0 Å². The second-order valence-corrected chi connectivity index (χ2v) is 12.6. The molecule has 0 radical (unpaired) electrons. The van der Waals surface area contributed by atoms with Crippen LogP contribution in [-0.2, 0) is 0 Å². The molecule has 6 rings (SSSR count).